The summed E-state index contributed by atoms with van der Waals surface area (Å²) < 4.78 is 37.3. The summed E-state index contributed by atoms with van der Waals surface area (Å²) in [6.45, 7) is 4.41. The molecule has 0 aliphatic heterocycles. The molecule has 0 radical (unpaired) electrons. The number of hydrogen-bond donors (Lipinski definition) is 1. The number of benzene rings is 3. The Balaban J connectivity index is 1.76. The maximum atomic E-state index is 12.9. The van der Waals surface area contributed by atoms with Crippen molar-refractivity contribution in [3.05, 3.63) is 89.5 Å². The van der Waals surface area contributed by atoms with Gasteiger partial charge in [-0.25, -0.2) is 8.42 Å². The van der Waals surface area contributed by atoms with Crippen molar-refractivity contribution in [1.82, 2.24) is 5.32 Å². The maximum absolute atomic E-state index is 12.9. The maximum Gasteiger partial charge on any atom is 0.251 e. The lowest BCUT2D eigenvalue weighted by molar-refractivity contribution is 0.0935. The normalized spacial score (nSPS) is 12.0. The summed E-state index contributed by atoms with van der Waals surface area (Å²) >= 11 is 0. The van der Waals surface area contributed by atoms with E-state index < -0.39 is 10.0 Å². The SMILES string of the molecule is CCOc1ccccc1N(Cc1ccc(C(=O)NC(CC)c2ccc(OC)cc2)cc1)S(C)(=O)=O. The topological polar surface area (TPSA) is 84.9 Å². The minimum Gasteiger partial charge on any atom is -0.497 e. The standard InChI is InChI=1S/C27H32N2O5S/c1-5-24(21-15-17-23(33-3)18-16-21)28-27(30)22-13-11-20(12-14-22)19-29(35(4,31)32)25-9-7-8-10-26(25)34-6-2/h7-18,24H,5-6,19H2,1-4H3,(H,28,30). The van der Waals surface area contributed by atoms with E-state index in [2.05, 4.69) is 5.32 Å². The highest BCUT2D eigenvalue weighted by Gasteiger charge is 2.22. The highest BCUT2D eigenvalue weighted by molar-refractivity contribution is 7.92. The van der Waals surface area contributed by atoms with Crippen molar-refractivity contribution in [2.24, 2.45) is 0 Å². The number of nitrogens with one attached hydrogen (secondary N) is 1. The molecule has 1 atom stereocenters. The first-order valence-electron chi connectivity index (χ1n) is 11.5. The van der Waals surface area contributed by atoms with E-state index in [1.54, 1.807) is 55.6 Å². The highest BCUT2D eigenvalue weighted by atomic mass is 32.2. The fourth-order valence-corrected chi connectivity index (χ4v) is 4.64. The van der Waals surface area contributed by atoms with Crippen molar-refractivity contribution >= 4 is 21.6 Å². The molecule has 0 bridgehead atoms. The van der Waals surface area contributed by atoms with E-state index in [0.717, 1.165) is 23.3 Å². The smallest absolute Gasteiger partial charge is 0.251 e. The third-order valence-electron chi connectivity index (χ3n) is 5.61. The fourth-order valence-electron chi connectivity index (χ4n) is 3.75. The first kappa shape index (κ1) is 26.1. The average Bonchev–Trinajstić information content (AvgIpc) is 2.86. The summed E-state index contributed by atoms with van der Waals surface area (Å²) in [5.41, 5.74) is 2.72. The molecular weight excluding hydrogens is 464 g/mol. The van der Waals surface area contributed by atoms with E-state index in [9.17, 15) is 13.2 Å². The van der Waals surface area contributed by atoms with Crippen LogP contribution in [0.3, 0.4) is 0 Å². The third-order valence-corrected chi connectivity index (χ3v) is 6.73. The quantitative estimate of drug-likeness (QED) is 0.406. The summed E-state index contributed by atoms with van der Waals surface area (Å²) in [5.74, 6) is 1.07. The van der Waals surface area contributed by atoms with E-state index in [-0.39, 0.29) is 18.5 Å². The van der Waals surface area contributed by atoms with Crippen LogP contribution in [0.5, 0.6) is 11.5 Å². The van der Waals surface area contributed by atoms with Crippen molar-refractivity contribution in [3.63, 3.8) is 0 Å². The van der Waals surface area contributed by atoms with Gasteiger partial charge in [-0.2, -0.15) is 0 Å². The summed E-state index contributed by atoms with van der Waals surface area (Å²) in [6.07, 6.45) is 1.90. The summed E-state index contributed by atoms with van der Waals surface area (Å²) in [4.78, 5) is 12.9. The summed E-state index contributed by atoms with van der Waals surface area (Å²) in [7, 11) is -1.96. The molecule has 0 spiro atoms. The van der Waals surface area contributed by atoms with Crippen LogP contribution < -0.4 is 19.1 Å². The van der Waals surface area contributed by atoms with Gasteiger partial charge >= 0.3 is 0 Å². The van der Waals surface area contributed by atoms with Gasteiger partial charge in [-0.15, -0.1) is 0 Å². The van der Waals surface area contributed by atoms with E-state index in [4.69, 9.17) is 9.47 Å². The van der Waals surface area contributed by atoms with Crippen LogP contribution >= 0.6 is 0 Å². The molecule has 186 valence electrons. The number of anilines is 1. The van der Waals surface area contributed by atoms with Gasteiger partial charge in [0.1, 0.15) is 11.5 Å². The van der Waals surface area contributed by atoms with Gasteiger partial charge in [0.15, 0.2) is 0 Å². The van der Waals surface area contributed by atoms with Crippen LogP contribution in [0.1, 0.15) is 47.8 Å². The minimum atomic E-state index is -3.57. The number of para-hydroxylation sites is 2. The Kier molecular flexibility index (Phi) is 8.76. The van der Waals surface area contributed by atoms with Gasteiger partial charge in [0, 0.05) is 5.56 Å². The molecule has 7 nitrogen and oxygen atoms in total. The fraction of sp³-hybridized carbons (Fsp3) is 0.296. The second-order valence-corrected chi connectivity index (χ2v) is 9.98. The van der Waals surface area contributed by atoms with Crippen LogP contribution in [-0.2, 0) is 16.6 Å². The molecule has 0 saturated heterocycles. The zero-order valence-electron chi connectivity index (χ0n) is 20.5. The lowest BCUT2D eigenvalue weighted by Crippen LogP contribution is -2.30. The summed E-state index contributed by atoms with van der Waals surface area (Å²) in [5, 5.41) is 3.07. The van der Waals surface area contributed by atoms with Gasteiger partial charge in [-0.05, 0) is 60.9 Å². The van der Waals surface area contributed by atoms with E-state index in [1.807, 2.05) is 38.1 Å². The van der Waals surface area contributed by atoms with Crippen molar-refractivity contribution in [3.8, 4) is 11.5 Å². The molecule has 1 amide bonds. The zero-order chi connectivity index (χ0) is 25.4. The van der Waals surface area contributed by atoms with E-state index in [0.29, 0.717) is 23.6 Å². The molecule has 1 unspecified atom stereocenters. The Labute approximate surface area is 207 Å². The predicted octanol–water partition coefficient (Wildman–Crippen LogP) is 4.94. The Morgan fingerprint density at radius 3 is 2.20 bits per heavy atom. The van der Waals surface area contributed by atoms with Crippen molar-refractivity contribution in [2.75, 3.05) is 24.3 Å². The average molecular weight is 497 g/mol. The number of nitrogens with zero attached hydrogens (tertiary/aromatic N) is 1. The Bertz CT molecular complexity index is 1230. The third kappa shape index (κ3) is 6.76. The predicted molar refractivity (Wildman–Crippen MR) is 139 cm³/mol. The molecule has 35 heavy (non-hydrogen) atoms. The Hall–Kier alpha value is -3.52. The minimum absolute atomic E-state index is 0.119. The molecule has 1 N–H and O–H groups in total. The van der Waals surface area contributed by atoms with Gasteiger partial charge < -0.3 is 14.8 Å². The van der Waals surface area contributed by atoms with Gasteiger partial charge in [0.05, 0.1) is 38.2 Å². The highest BCUT2D eigenvalue weighted by Crippen LogP contribution is 2.31. The molecule has 8 heteroatoms. The lowest BCUT2D eigenvalue weighted by Gasteiger charge is -2.25. The zero-order valence-corrected chi connectivity index (χ0v) is 21.3. The number of hydrogen-bond acceptors (Lipinski definition) is 5. The largest absolute Gasteiger partial charge is 0.497 e. The lowest BCUT2D eigenvalue weighted by atomic mass is 10.0. The first-order valence-corrected chi connectivity index (χ1v) is 13.3. The molecule has 0 aliphatic carbocycles. The molecular formula is C27H32N2O5S. The number of carbonyl (C=O) groups excluding carboxylic acids is 1. The first-order chi connectivity index (χ1) is 16.8. The second-order valence-electron chi connectivity index (χ2n) is 8.07. The molecule has 0 aromatic heterocycles. The van der Waals surface area contributed by atoms with Crippen LogP contribution in [-0.4, -0.2) is 34.3 Å². The molecule has 3 aromatic rings. The summed E-state index contributed by atoms with van der Waals surface area (Å²) in [6, 6.07) is 21.5. The second kappa shape index (κ2) is 11.8. The molecule has 0 heterocycles. The van der Waals surface area contributed by atoms with Crippen LogP contribution in [0.4, 0.5) is 5.69 Å². The number of ether oxygens (including phenoxy) is 2. The van der Waals surface area contributed by atoms with Crippen molar-refractivity contribution in [2.45, 2.75) is 32.9 Å². The van der Waals surface area contributed by atoms with Gasteiger partial charge in [-0.1, -0.05) is 43.3 Å². The number of amides is 1. The number of carbonyl (C=O) groups is 1. The van der Waals surface area contributed by atoms with Gasteiger partial charge in [-0.3, -0.25) is 9.10 Å². The Morgan fingerprint density at radius 2 is 1.63 bits per heavy atom. The van der Waals surface area contributed by atoms with Gasteiger partial charge in [0.2, 0.25) is 10.0 Å². The number of methoxy groups -OCH3 is 1. The molecule has 0 fully saturated rings. The monoisotopic (exact) mass is 496 g/mol. The molecule has 3 rings (SSSR count). The molecule has 0 aliphatic rings. The number of rotatable bonds is 11. The van der Waals surface area contributed by atoms with Crippen LogP contribution in [0, 0.1) is 0 Å². The van der Waals surface area contributed by atoms with Gasteiger partial charge in [0.25, 0.3) is 5.91 Å². The van der Waals surface area contributed by atoms with Crippen LogP contribution in [0.15, 0.2) is 72.8 Å². The van der Waals surface area contributed by atoms with Crippen molar-refractivity contribution < 1.29 is 22.7 Å². The van der Waals surface area contributed by atoms with E-state index >= 15 is 0 Å². The molecule has 3 aromatic carbocycles. The van der Waals surface area contributed by atoms with Crippen LogP contribution in [0.25, 0.3) is 0 Å². The number of sulfonamides is 1. The van der Waals surface area contributed by atoms with Crippen LogP contribution in [0.2, 0.25) is 0 Å². The van der Waals surface area contributed by atoms with Crippen molar-refractivity contribution in [1.29, 1.82) is 0 Å². The molecule has 0 saturated carbocycles. The Morgan fingerprint density at radius 1 is 0.971 bits per heavy atom. The van der Waals surface area contributed by atoms with E-state index in [1.165, 1.54) is 10.6 Å².